The first-order chi connectivity index (χ1) is 10.6. The van der Waals surface area contributed by atoms with Gasteiger partial charge in [0.05, 0.1) is 5.57 Å². The van der Waals surface area contributed by atoms with Crippen LogP contribution in [0.3, 0.4) is 0 Å². The molecule has 2 aromatic rings. The fourth-order valence-corrected chi connectivity index (χ4v) is 3.09. The fraction of sp³-hybridized carbons (Fsp3) is 0.158. The quantitative estimate of drug-likeness (QED) is 0.745. The SMILES string of the molecule is Cc1ccc2c(c1C)OC1=C(C2)C(=O)c2ccccc2C1=O. The van der Waals surface area contributed by atoms with Gasteiger partial charge in [-0.25, -0.2) is 0 Å². The van der Waals surface area contributed by atoms with Crippen molar-refractivity contribution in [3.63, 3.8) is 0 Å². The Hall–Kier alpha value is -2.68. The van der Waals surface area contributed by atoms with Gasteiger partial charge in [0.25, 0.3) is 0 Å². The predicted molar refractivity (Wildman–Crippen MR) is 82.4 cm³/mol. The summed E-state index contributed by atoms with van der Waals surface area (Å²) in [6.45, 7) is 3.98. The van der Waals surface area contributed by atoms with Crippen LogP contribution in [0.1, 0.15) is 37.4 Å². The van der Waals surface area contributed by atoms with Crippen molar-refractivity contribution >= 4 is 11.6 Å². The van der Waals surface area contributed by atoms with E-state index in [0.717, 1.165) is 22.4 Å². The first kappa shape index (κ1) is 13.0. The van der Waals surface area contributed by atoms with Crippen LogP contribution in [-0.2, 0) is 6.42 Å². The molecule has 2 aliphatic rings. The monoisotopic (exact) mass is 290 g/mol. The lowest BCUT2D eigenvalue weighted by Gasteiger charge is -2.27. The number of carbonyl (C=O) groups is 2. The number of rotatable bonds is 0. The van der Waals surface area contributed by atoms with E-state index in [0.29, 0.717) is 23.1 Å². The lowest BCUT2D eigenvalue weighted by atomic mass is 9.83. The minimum absolute atomic E-state index is 0.103. The Kier molecular flexibility index (Phi) is 2.61. The normalized spacial score (nSPS) is 15.9. The Balaban J connectivity index is 1.90. The standard InChI is InChI=1S/C19H14O3/c1-10-7-8-12-9-15-16(20)13-5-3-4-6-14(13)17(21)19(15)22-18(12)11(10)2/h3-8H,9H2,1-2H3. The molecule has 22 heavy (non-hydrogen) atoms. The summed E-state index contributed by atoms with van der Waals surface area (Å²) in [7, 11) is 0. The molecular weight excluding hydrogens is 276 g/mol. The second kappa shape index (κ2) is 4.41. The molecule has 1 aliphatic carbocycles. The maximum Gasteiger partial charge on any atom is 0.229 e. The van der Waals surface area contributed by atoms with Gasteiger partial charge in [-0.2, -0.15) is 0 Å². The maximum atomic E-state index is 12.7. The topological polar surface area (TPSA) is 43.4 Å². The number of fused-ring (bicyclic) bond motifs is 2. The van der Waals surface area contributed by atoms with E-state index in [2.05, 4.69) is 0 Å². The molecule has 1 heterocycles. The van der Waals surface area contributed by atoms with E-state index in [1.165, 1.54) is 0 Å². The Morgan fingerprint density at radius 3 is 2.32 bits per heavy atom. The van der Waals surface area contributed by atoms with Crippen molar-refractivity contribution in [2.75, 3.05) is 0 Å². The zero-order valence-corrected chi connectivity index (χ0v) is 12.4. The van der Waals surface area contributed by atoms with Crippen molar-refractivity contribution in [3.05, 3.63) is 75.5 Å². The van der Waals surface area contributed by atoms with Crippen molar-refractivity contribution < 1.29 is 14.3 Å². The molecule has 0 bridgehead atoms. The van der Waals surface area contributed by atoms with Crippen LogP contribution < -0.4 is 4.74 Å². The van der Waals surface area contributed by atoms with E-state index >= 15 is 0 Å². The summed E-state index contributed by atoms with van der Waals surface area (Å²) in [4.78, 5) is 25.3. The molecule has 0 saturated heterocycles. The van der Waals surface area contributed by atoms with Gasteiger partial charge in [0.1, 0.15) is 5.75 Å². The summed E-state index contributed by atoms with van der Waals surface area (Å²) < 4.78 is 5.90. The Labute approximate surface area is 128 Å². The van der Waals surface area contributed by atoms with Crippen LogP contribution in [0, 0.1) is 13.8 Å². The average molecular weight is 290 g/mol. The van der Waals surface area contributed by atoms with Gasteiger partial charge >= 0.3 is 0 Å². The Bertz CT molecular complexity index is 888. The summed E-state index contributed by atoms with van der Waals surface area (Å²) in [5.41, 5.74) is 4.46. The summed E-state index contributed by atoms with van der Waals surface area (Å²) >= 11 is 0. The van der Waals surface area contributed by atoms with Crippen LogP contribution >= 0.6 is 0 Å². The molecule has 2 aromatic carbocycles. The van der Waals surface area contributed by atoms with Crippen molar-refractivity contribution in [3.8, 4) is 5.75 Å². The molecule has 1 aliphatic heterocycles. The molecule has 0 atom stereocenters. The van der Waals surface area contributed by atoms with E-state index in [1.54, 1.807) is 24.3 Å². The van der Waals surface area contributed by atoms with E-state index in [9.17, 15) is 9.59 Å². The van der Waals surface area contributed by atoms with Crippen molar-refractivity contribution in [2.24, 2.45) is 0 Å². The van der Waals surface area contributed by atoms with E-state index in [1.807, 2.05) is 26.0 Å². The minimum atomic E-state index is -0.197. The number of ketones is 2. The second-order valence-electron chi connectivity index (χ2n) is 5.79. The number of benzene rings is 2. The summed E-state index contributed by atoms with van der Waals surface area (Å²) in [6, 6.07) is 10.9. The third-order valence-corrected chi connectivity index (χ3v) is 4.50. The first-order valence-corrected chi connectivity index (χ1v) is 7.26. The molecule has 3 nitrogen and oxygen atoms in total. The maximum absolute atomic E-state index is 12.7. The highest BCUT2D eigenvalue weighted by molar-refractivity contribution is 6.26. The Morgan fingerprint density at radius 2 is 1.59 bits per heavy atom. The van der Waals surface area contributed by atoms with E-state index in [-0.39, 0.29) is 17.3 Å². The molecule has 3 heteroatoms. The summed E-state index contributed by atoms with van der Waals surface area (Å²) in [5.74, 6) is 0.620. The number of carbonyl (C=O) groups excluding carboxylic acids is 2. The van der Waals surface area contributed by atoms with Crippen molar-refractivity contribution in [1.29, 1.82) is 0 Å². The molecule has 0 aromatic heterocycles. The lowest BCUT2D eigenvalue weighted by Crippen LogP contribution is -2.29. The fourth-order valence-electron chi connectivity index (χ4n) is 3.09. The summed E-state index contributed by atoms with van der Waals surface area (Å²) in [5, 5.41) is 0. The van der Waals surface area contributed by atoms with E-state index < -0.39 is 0 Å². The van der Waals surface area contributed by atoms with Crippen molar-refractivity contribution in [2.45, 2.75) is 20.3 Å². The van der Waals surface area contributed by atoms with Gasteiger partial charge in [0.15, 0.2) is 11.5 Å². The smallest absolute Gasteiger partial charge is 0.229 e. The lowest BCUT2D eigenvalue weighted by molar-refractivity contribution is 0.0929. The molecule has 0 unspecified atom stereocenters. The average Bonchev–Trinajstić information content (AvgIpc) is 2.55. The highest BCUT2D eigenvalue weighted by atomic mass is 16.5. The molecular formula is C19H14O3. The number of ether oxygens (including phenoxy) is 1. The van der Waals surface area contributed by atoms with Gasteiger partial charge in [-0.05, 0) is 30.5 Å². The van der Waals surface area contributed by atoms with Crippen molar-refractivity contribution in [1.82, 2.24) is 0 Å². The molecule has 108 valence electrons. The molecule has 0 spiro atoms. The molecule has 0 amide bonds. The highest BCUT2D eigenvalue weighted by Gasteiger charge is 2.37. The minimum Gasteiger partial charge on any atom is -0.452 e. The van der Waals surface area contributed by atoms with Crippen LogP contribution in [-0.4, -0.2) is 11.6 Å². The van der Waals surface area contributed by atoms with Gasteiger partial charge in [0, 0.05) is 17.5 Å². The molecule has 0 saturated carbocycles. The van der Waals surface area contributed by atoms with Gasteiger partial charge in [-0.1, -0.05) is 36.4 Å². The largest absolute Gasteiger partial charge is 0.452 e. The zero-order valence-electron chi connectivity index (χ0n) is 12.4. The van der Waals surface area contributed by atoms with Gasteiger partial charge in [-0.15, -0.1) is 0 Å². The van der Waals surface area contributed by atoms with Gasteiger partial charge in [0.2, 0.25) is 5.78 Å². The number of hydrogen-bond acceptors (Lipinski definition) is 3. The highest BCUT2D eigenvalue weighted by Crippen LogP contribution is 2.39. The van der Waals surface area contributed by atoms with Gasteiger partial charge in [-0.3, -0.25) is 9.59 Å². The number of aryl methyl sites for hydroxylation is 1. The number of allylic oxidation sites excluding steroid dienone is 2. The molecule has 0 fully saturated rings. The van der Waals surface area contributed by atoms with Crippen LogP contribution in [0.5, 0.6) is 5.75 Å². The molecule has 0 N–H and O–H groups in total. The van der Waals surface area contributed by atoms with Crippen LogP contribution in [0.4, 0.5) is 0 Å². The van der Waals surface area contributed by atoms with E-state index in [4.69, 9.17) is 4.74 Å². The zero-order chi connectivity index (χ0) is 15.4. The predicted octanol–water partition coefficient (Wildman–Crippen LogP) is 3.57. The Morgan fingerprint density at radius 1 is 0.909 bits per heavy atom. The van der Waals surface area contributed by atoms with Crippen LogP contribution in [0.2, 0.25) is 0 Å². The second-order valence-corrected chi connectivity index (χ2v) is 5.79. The van der Waals surface area contributed by atoms with Gasteiger partial charge < -0.3 is 4.74 Å². The van der Waals surface area contributed by atoms with Crippen LogP contribution in [0.25, 0.3) is 0 Å². The third kappa shape index (κ3) is 1.62. The first-order valence-electron chi connectivity index (χ1n) is 7.26. The molecule has 4 rings (SSSR count). The third-order valence-electron chi connectivity index (χ3n) is 4.50. The van der Waals surface area contributed by atoms with Crippen LogP contribution in [0.15, 0.2) is 47.7 Å². The number of Topliss-reactive ketones (excluding diaryl/α,β-unsaturated/α-hetero) is 2. The number of hydrogen-bond donors (Lipinski definition) is 0. The molecule has 0 radical (unpaired) electrons. The summed E-state index contributed by atoms with van der Waals surface area (Å²) in [6.07, 6.45) is 0.449.